The van der Waals surface area contributed by atoms with Crippen molar-refractivity contribution >= 4 is 5.97 Å². The second kappa shape index (κ2) is 9.11. The molecule has 0 aliphatic carbocycles. The maximum atomic E-state index is 12.0. The average molecular weight is 392 g/mol. The molecule has 1 aromatic carbocycles. The summed E-state index contributed by atoms with van der Waals surface area (Å²) in [6, 6.07) is 6.01. The maximum absolute atomic E-state index is 12.0. The van der Waals surface area contributed by atoms with E-state index in [1.54, 1.807) is 0 Å². The molecule has 2 aliphatic heterocycles. The minimum atomic E-state index is -0.692. The van der Waals surface area contributed by atoms with Crippen LogP contribution in [0.3, 0.4) is 0 Å². The van der Waals surface area contributed by atoms with Gasteiger partial charge in [0.25, 0.3) is 0 Å². The zero-order valence-corrected chi connectivity index (χ0v) is 17.1. The predicted molar refractivity (Wildman–Crippen MR) is 106 cm³/mol. The molecule has 0 amide bonds. The number of hydrogen-bond acceptors (Lipinski definition) is 6. The quantitative estimate of drug-likeness (QED) is 0.689. The van der Waals surface area contributed by atoms with Gasteiger partial charge in [-0.3, -0.25) is 9.69 Å². The first-order valence-electron chi connectivity index (χ1n) is 10.0. The first-order valence-corrected chi connectivity index (χ1v) is 10.0. The van der Waals surface area contributed by atoms with E-state index in [-0.39, 0.29) is 5.92 Å². The van der Waals surface area contributed by atoms with Gasteiger partial charge in [-0.15, -0.1) is 0 Å². The zero-order chi connectivity index (χ0) is 20.1. The highest BCUT2D eigenvalue weighted by atomic mass is 16.5. The summed E-state index contributed by atoms with van der Waals surface area (Å²) < 4.78 is 17.2. The van der Waals surface area contributed by atoms with Gasteiger partial charge in [-0.1, -0.05) is 6.07 Å². The summed E-state index contributed by atoms with van der Waals surface area (Å²) in [6.45, 7) is 7.04. The minimum Gasteiger partial charge on any atom is -0.490 e. The van der Waals surface area contributed by atoms with Crippen molar-refractivity contribution in [3.8, 4) is 11.5 Å². The van der Waals surface area contributed by atoms with Gasteiger partial charge in [-0.2, -0.15) is 0 Å². The fourth-order valence-electron chi connectivity index (χ4n) is 4.16. The van der Waals surface area contributed by atoms with E-state index in [0.29, 0.717) is 45.9 Å². The van der Waals surface area contributed by atoms with Gasteiger partial charge in [0, 0.05) is 38.7 Å². The third kappa shape index (κ3) is 4.59. The minimum absolute atomic E-state index is 0.0544. The molecule has 0 unspecified atom stereocenters. The van der Waals surface area contributed by atoms with E-state index in [1.807, 2.05) is 39.2 Å². The van der Waals surface area contributed by atoms with Gasteiger partial charge in [0.2, 0.25) is 0 Å². The highest BCUT2D eigenvalue weighted by Crippen LogP contribution is 2.43. The summed E-state index contributed by atoms with van der Waals surface area (Å²) in [5.41, 5.74) is 0.430. The lowest BCUT2D eigenvalue weighted by molar-refractivity contribution is -0.157. The second-order valence-electron chi connectivity index (χ2n) is 8.02. The van der Waals surface area contributed by atoms with Gasteiger partial charge in [0.05, 0.1) is 18.6 Å². The molecule has 2 atom stereocenters. The van der Waals surface area contributed by atoms with E-state index in [1.165, 1.54) is 0 Å². The Labute approximate surface area is 167 Å². The molecule has 0 bridgehead atoms. The lowest BCUT2D eigenvalue weighted by Crippen LogP contribution is -2.44. The Kier molecular flexibility index (Phi) is 6.80. The molecule has 2 fully saturated rings. The van der Waals surface area contributed by atoms with Crippen molar-refractivity contribution in [3.05, 3.63) is 23.8 Å². The van der Waals surface area contributed by atoms with Crippen molar-refractivity contribution in [3.63, 3.8) is 0 Å². The Morgan fingerprint density at radius 1 is 1.36 bits per heavy atom. The third-order valence-electron chi connectivity index (χ3n) is 5.71. The topological polar surface area (TPSA) is 71.5 Å². The molecule has 0 spiro atoms. The van der Waals surface area contributed by atoms with Crippen molar-refractivity contribution in [2.75, 3.05) is 60.2 Å². The van der Waals surface area contributed by atoms with Gasteiger partial charge in [-0.25, -0.2) is 0 Å². The SMILES string of the molecule is CCOc1cc(CN2C[C@@H]3COCC[C@]3(C(=O)O)C2)ccc1OCCN(C)C. The normalized spacial score (nSPS) is 24.9. The van der Waals surface area contributed by atoms with Crippen LogP contribution in [0.5, 0.6) is 11.5 Å². The average Bonchev–Trinajstić information content (AvgIpc) is 3.03. The number of likely N-dealkylation sites (tertiary alicyclic amines) is 1. The Morgan fingerprint density at radius 2 is 2.18 bits per heavy atom. The summed E-state index contributed by atoms with van der Waals surface area (Å²) in [5.74, 6) is 0.853. The second-order valence-corrected chi connectivity index (χ2v) is 8.02. The maximum Gasteiger partial charge on any atom is 0.311 e. The largest absolute Gasteiger partial charge is 0.490 e. The molecule has 156 valence electrons. The fraction of sp³-hybridized carbons (Fsp3) is 0.667. The van der Waals surface area contributed by atoms with Crippen molar-refractivity contribution in [1.82, 2.24) is 9.80 Å². The molecule has 2 saturated heterocycles. The van der Waals surface area contributed by atoms with Crippen LogP contribution in [-0.4, -0.2) is 81.0 Å². The van der Waals surface area contributed by atoms with Crippen LogP contribution in [0, 0.1) is 11.3 Å². The number of rotatable bonds is 9. The van der Waals surface area contributed by atoms with Crippen LogP contribution in [-0.2, 0) is 16.1 Å². The highest BCUT2D eigenvalue weighted by molar-refractivity contribution is 5.76. The van der Waals surface area contributed by atoms with Crippen LogP contribution < -0.4 is 9.47 Å². The van der Waals surface area contributed by atoms with Crippen molar-refractivity contribution in [2.45, 2.75) is 19.9 Å². The Hall–Kier alpha value is -1.83. The van der Waals surface area contributed by atoms with E-state index in [2.05, 4.69) is 9.80 Å². The molecule has 28 heavy (non-hydrogen) atoms. The first-order chi connectivity index (χ1) is 13.4. The number of fused-ring (bicyclic) bond motifs is 1. The molecule has 7 heteroatoms. The van der Waals surface area contributed by atoms with Gasteiger partial charge < -0.3 is 24.2 Å². The molecular weight excluding hydrogens is 360 g/mol. The molecule has 1 N–H and O–H groups in total. The number of benzene rings is 1. The molecule has 0 radical (unpaired) electrons. The third-order valence-corrected chi connectivity index (χ3v) is 5.71. The summed E-state index contributed by atoms with van der Waals surface area (Å²) in [4.78, 5) is 16.3. The summed E-state index contributed by atoms with van der Waals surface area (Å²) in [5, 5.41) is 9.83. The summed E-state index contributed by atoms with van der Waals surface area (Å²) in [6.07, 6.45) is 0.590. The number of carboxylic acid groups (broad SMARTS) is 1. The zero-order valence-electron chi connectivity index (χ0n) is 17.1. The van der Waals surface area contributed by atoms with Crippen LogP contribution in [0.25, 0.3) is 0 Å². The summed E-state index contributed by atoms with van der Waals surface area (Å²) >= 11 is 0. The van der Waals surface area contributed by atoms with Gasteiger partial charge in [0.15, 0.2) is 11.5 Å². The van der Waals surface area contributed by atoms with E-state index >= 15 is 0 Å². The van der Waals surface area contributed by atoms with Crippen LogP contribution in [0.2, 0.25) is 0 Å². The predicted octanol–water partition coefficient (Wildman–Crippen LogP) is 1.95. The van der Waals surface area contributed by atoms with E-state index in [4.69, 9.17) is 14.2 Å². The lowest BCUT2D eigenvalue weighted by Gasteiger charge is -2.34. The number of ether oxygens (including phenoxy) is 3. The Bertz CT molecular complexity index is 681. The summed E-state index contributed by atoms with van der Waals surface area (Å²) in [7, 11) is 4.02. The van der Waals surface area contributed by atoms with E-state index in [0.717, 1.165) is 30.2 Å². The van der Waals surface area contributed by atoms with Crippen molar-refractivity contribution in [1.29, 1.82) is 0 Å². The van der Waals surface area contributed by atoms with E-state index in [9.17, 15) is 9.90 Å². The highest BCUT2D eigenvalue weighted by Gasteiger charge is 2.53. The molecule has 7 nitrogen and oxygen atoms in total. The molecular formula is C21H32N2O5. The number of likely N-dealkylation sites (N-methyl/N-ethyl adjacent to an activating group) is 1. The Balaban J connectivity index is 1.68. The molecule has 0 saturated carbocycles. The molecule has 2 aliphatic rings. The molecule has 0 aromatic heterocycles. The van der Waals surface area contributed by atoms with Crippen molar-refractivity contribution in [2.24, 2.45) is 11.3 Å². The van der Waals surface area contributed by atoms with Crippen LogP contribution in [0.15, 0.2) is 18.2 Å². The molecule has 2 heterocycles. The lowest BCUT2D eigenvalue weighted by atomic mass is 9.74. The van der Waals surface area contributed by atoms with Gasteiger partial charge >= 0.3 is 5.97 Å². The number of hydrogen-bond donors (Lipinski definition) is 1. The number of nitrogens with zero attached hydrogens (tertiary/aromatic N) is 2. The number of aliphatic carboxylic acids is 1. The van der Waals surface area contributed by atoms with Crippen LogP contribution in [0.4, 0.5) is 0 Å². The fourth-order valence-corrected chi connectivity index (χ4v) is 4.16. The standard InChI is InChI=1S/C21H32N2O5/c1-4-27-19-11-16(5-6-18(19)28-10-8-22(2)3)12-23-13-17-14-26-9-7-21(17,15-23)20(24)25/h5-6,11,17H,4,7-10,12-15H2,1-3H3,(H,24,25)/t17-,21+/m1/s1. The molecule has 1 aromatic rings. The van der Waals surface area contributed by atoms with E-state index < -0.39 is 11.4 Å². The monoisotopic (exact) mass is 392 g/mol. The number of carboxylic acids is 1. The van der Waals surface area contributed by atoms with Crippen molar-refractivity contribution < 1.29 is 24.1 Å². The van der Waals surface area contributed by atoms with Gasteiger partial charge in [0.1, 0.15) is 6.61 Å². The smallest absolute Gasteiger partial charge is 0.311 e. The van der Waals surface area contributed by atoms with Crippen LogP contribution in [0.1, 0.15) is 18.9 Å². The number of carbonyl (C=O) groups is 1. The first kappa shape index (κ1) is 20.9. The Morgan fingerprint density at radius 3 is 2.86 bits per heavy atom. The molecule has 3 rings (SSSR count). The van der Waals surface area contributed by atoms with Gasteiger partial charge in [-0.05, 0) is 45.1 Å². The van der Waals surface area contributed by atoms with Crippen LogP contribution >= 0.6 is 0 Å².